The number of carbonyl (C=O) groups is 1. The summed E-state index contributed by atoms with van der Waals surface area (Å²) in [5.41, 5.74) is 4.08. The van der Waals surface area contributed by atoms with Gasteiger partial charge in [0.1, 0.15) is 0 Å². The van der Waals surface area contributed by atoms with Crippen molar-refractivity contribution < 1.29 is 4.79 Å². The van der Waals surface area contributed by atoms with Crippen LogP contribution in [0.3, 0.4) is 0 Å². The predicted molar refractivity (Wildman–Crippen MR) is 103 cm³/mol. The fourth-order valence-electron chi connectivity index (χ4n) is 2.37. The van der Waals surface area contributed by atoms with Gasteiger partial charge in [0.25, 0.3) is 5.91 Å². The minimum absolute atomic E-state index is 0.190. The zero-order valence-corrected chi connectivity index (χ0v) is 14.2. The van der Waals surface area contributed by atoms with Gasteiger partial charge in [-0.25, -0.2) is 0 Å². The van der Waals surface area contributed by atoms with Crippen molar-refractivity contribution >= 4 is 28.7 Å². The molecule has 1 heterocycles. The molecule has 0 aliphatic heterocycles. The summed E-state index contributed by atoms with van der Waals surface area (Å²) < 4.78 is 0. The summed E-state index contributed by atoms with van der Waals surface area (Å²) in [6, 6.07) is 19.2. The molecule has 3 aromatic rings. The lowest BCUT2D eigenvalue weighted by Crippen LogP contribution is -2.12. The van der Waals surface area contributed by atoms with Gasteiger partial charge in [-0.1, -0.05) is 18.2 Å². The van der Waals surface area contributed by atoms with Crippen molar-refractivity contribution in [1.29, 1.82) is 0 Å². The molecule has 2 aromatic carbocycles. The highest BCUT2D eigenvalue weighted by Crippen LogP contribution is 2.20. The van der Waals surface area contributed by atoms with E-state index >= 15 is 0 Å². The third-order valence-electron chi connectivity index (χ3n) is 3.70. The number of nitrogens with zero attached hydrogens (tertiary/aromatic N) is 2. The third-order valence-corrected chi connectivity index (χ3v) is 3.70. The van der Waals surface area contributed by atoms with Crippen LogP contribution in [0.15, 0.2) is 73.1 Å². The first-order chi connectivity index (χ1) is 12.1. The summed E-state index contributed by atoms with van der Waals surface area (Å²) in [5.74, 6) is -0.190. The van der Waals surface area contributed by atoms with E-state index < -0.39 is 0 Å². The molecule has 5 heteroatoms. The number of benzene rings is 2. The highest BCUT2D eigenvalue weighted by molar-refractivity contribution is 6.04. The van der Waals surface area contributed by atoms with E-state index in [0.717, 1.165) is 22.7 Å². The van der Waals surface area contributed by atoms with Gasteiger partial charge in [-0.05, 0) is 42.5 Å². The lowest BCUT2D eigenvalue weighted by Gasteiger charge is -2.13. The predicted octanol–water partition coefficient (Wildman–Crippen LogP) is 4.14. The molecule has 2 N–H and O–H groups in total. The Morgan fingerprint density at radius 1 is 0.880 bits per heavy atom. The van der Waals surface area contributed by atoms with Crippen molar-refractivity contribution in [3.05, 3.63) is 78.6 Å². The number of rotatable bonds is 5. The molecule has 0 spiro atoms. The van der Waals surface area contributed by atoms with E-state index in [9.17, 15) is 4.79 Å². The van der Waals surface area contributed by atoms with Crippen molar-refractivity contribution in [2.45, 2.75) is 0 Å². The SMILES string of the molecule is CN(C)c1ccc(Nc2cncc(C(=O)Nc3ccccc3)c2)cc1. The first-order valence-corrected chi connectivity index (χ1v) is 7.98. The summed E-state index contributed by atoms with van der Waals surface area (Å²) in [5, 5.41) is 6.13. The van der Waals surface area contributed by atoms with E-state index in [-0.39, 0.29) is 5.91 Å². The average Bonchev–Trinajstić information content (AvgIpc) is 2.63. The quantitative estimate of drug-likeness (QED) is 0.737. The molecular weight excluding hydrogens is 312 g/mol. The lowest BCUT2D eigenvalue weighted by molar-refractivity contribution is 0.102. The maximum absolute atomic E-state index is 12.4. The van der Waals surface area contributed by atoms with E-state index in [1.54, 1.807) is 18.5 Å². The zero-order valence-electron chi connectivity index (χ0n) is 14.2. The summed E-state index contributed by atoms with van der Waals surface area (Å²) in [7, 11) is 4.00. The second-order valence-corrected chi connectivity index (χ2v) is 5.85. The van der Waals surface area contributed by atoms with Crippen LogP contribution in [0.2, 0.25) is 0 Å². The fourth-order valence-corrected chi connectivity index (χ4v) is 2.37. The summed E-state index contributed by atoms with van der Waals surface area (Å²) >= 11 is 0. The Bertz CT molecular complexity index is 845. The molecule has 0 aliphatic carbocycles. The lowest BCUT2D eigenvalue weighted by atomic mass is 10.2. The van der Waals surface area contributed by atoms with Crippen molar-refractivity contribution in [2.24, 2.45) is 0 Å². The van der Waals surface area contributed by atoms with E-state index in [2.05, 4.69) is 15.6 Å². The van der Waals surface area contributed by atoms with Crippen molar-refractivity contribution in [3.63, 3.8) is 0 Å². The maximum atomic E-state index is 12.4. The molecular formula is C20H20N4O. The minimum Gasteiger partial charge on any atom is -0.378 e. The highest BCUT2D eigenvalue weighted by atomic mass is 16.1. The number of amides is 1. The van der Waals surface area contributed by atoms with Crippen LogP contribution in [0.25, 0.3) is 0 Å². The van der Waals surface area contributed by atoms with Crippen LogP contribution >= 0.6 is 0 Å². The zero-order chi connectivity index (χ0) is 17.6. The Labute approximate surface area is 147 Å². The van der Waals surface area contributed by atoms with Gasteiger partial charge in [-0.3, -0.25) is 9.78 Å². The average molecular weight is 332 g/mol. The Kier molecular flexibility index (Phi) is 4.95. The molecule has 0 radical (unpaired) electrons. The van der Waals surface area contributed by atoms with E-state index in [0.29, 0.717) is 5.56 Å². The van der Waals surface area contributed by atoms with Gasteiger partial charge >= 0.3 is 0 Å². The van der Waals surface area contributed by atoms with Gasteiger partial charge in [0, 0.05) is 37.4 Å². The Hall–Kier alpha value is -3.34. The smallest absolute Gasteiger partial charge is 0.257 e. The number of hydrogen-bond donors (Lipinski definition) is 2. The Balaban J connectivity index is 1.71. The van der Waals surface area contributed by atoms with Crippen molar-refractivity contribution in [2.75, 3.05) is 29.6 Å². The van der Waals surface area contributed by atoms with Crippen LogP contribution in [0.5, 0.6) is 0 Å². The van der Waals surface area contributed by atoms with Gasteiger partial charge in [-0.2, -0.15) is 0 Å². The van der Waals surface area contributed by atoms with Crippen molar-refractivity contribution in [3.8, 4) is 0 Å². The highest BCUT2D eigenvalue weighted by Gasteiger charge is 2.08. The Morgan fingerprint density at radius 3 is 2.28 bits per heavy atom. The van der Waals surface area contributed by atoms with Gasteiger partial charge in [0.2, 0.25) is 0 Å². The minimum atomic E-state index is -0.190. The molecule has 1 aromatic heterocycles. The monoisotopic (exact) mass is 332 g/mol. The molecule has 0 unspecified atom stereocenters. The van der Waals surface area contributed by atoms with Gasteiger partial charge in [-0.15, -0.1) is 0 Å². The molecule has 5 nitrogen and oxygen atoms in total. The molecule has 1 amide bonds. The van der Waals surface area contributed by atoms with Gasteiger partial charge < -0.3 is 15.5 Å². The number of anilines is 4. The van der Waals surface area contributed by atoms with Crippen molar-refractivity contribution in [1.82, 2.24) is 4.98 Å². The number of nitrogens with one attached hydrogen (secondary N) is 2. The second-order valence-electron chi connectivity index (χ2n) is 5.85. The molecule has 25 heavy (non-hydrogen) atoms. The van der Waals surface area contributed by atoms with Crippen LogP contribution in [-0.4, -0.2) is 25.0 Å². The normalized spacial score (nSPS) is 10.2. The number of hydrogen-bond acceptors (Lipinski definition) is 4. The second kappa shape index (κ2) is 7.49. The van der Waals surface area contributed by atoms with Gasteiger partial charge in [0.05, 0.1) is 17.4 Å². The van der Waals surface area contributed by atoms with Crippen LogP contribution in [0, 0.1) is 0 Å². The topological polar surface area (TPSA) is 57.3 Å². The van der Waals surface area contributed by atoms with Crippen LogP contribution in [0.1, 0.15) is 10.4 Å². The van der Waals surface area contributed by atoms with Crippen LogP contribution in [0.4, 0.5) is 22.7 Å². The number of aromatic nitrogens is 1. The van der Waals surface area contributed by atoms with Gasteiger partial charge in [0.15, 0.2) is 0 Å². The van der Waals surface area contributed by atoms with E-state index in [1.807, 2.05) is 73.6 Å². The molecule has 126 valence electrons. The molecule has 0 saturated heterocycles. The summed E-state index contributed by atoms with van der Waals surface area (Å²) in [6.45, 7) is 0. The third kappa shape index (κ3) is 4.35. The summed E-state index contributed by atoms with van der Waals surface area (Å²) in [4.78, 5) is 18.6. The maximum Gasteiger partial charge on any atom is 0.257 e. The standard InChI is InChI=1S/C20H20N4O/c1-24(2)19-10-8-17(9-11-19)22-18-12-15(13-21-14-18)20(25)23-16-6-4-3-5-7-16/h3-14,22H,1-2H3,(H,23,25). The molecule has 0 saturated carbocycles. The fraction of sp³-hybridized carbons (Fsp3) is 0.100. The molecule has 3 rings (SSSR count). The molecule has 0 atom stereocenters. The van der Waals surface area contributed by atoms with Crippen LogP contribution < -0.4 is 15.5 Å². The van der Waals surface area contributed by atoms with Crippen LogP contribution in [-0.2, 0) is 0 Å². The number of para-hydroxylation sites is 1. The molecule has 0 fully saturated rings. The van der Waals surface area contributed by atoms with E-state index in [1.165, 1.54) is 0 Å². The number of pyridine rings is 1. The first kappa shape index (κ1) is 16.5. The largest absolute Gasteiger partial charge is 0.378 e. The van der Waals surface area contributed by atoms with E-state index in [4.69, 9.17) is 0 Å². The molecule has 0 aliphatic rings. The summed E-state index contributed by atoms with van der Waals surface area (Å²) in [6.07, 6.45) is 3.25. The Morgan fingerprint density at radius 2 is 1.60 bits per heavy atom. The first-order valence-electron chi connectivity index (χ1n) is 7.98. The number of carbonyl (C=O) groups excluding carboxylic acids is 1. The molecule has 0 bridgehead atoms.